The summed E-state index contributed by atoms with van der Waals surface area (Å²) in [4.78, 5) is 18.7. The maximum absolute atomic E-state index is 12.4. The lowest BCUT2D eigenvalue weighted by atomic mass is 9.77. The summed E-state index contributed by atoms with van der Waals surface area (Å²) in [6, 6.07) is 11.6. The van der Waals surface area contributed by atoms with Gasteiger partial charge in [0, 0.05) is 29.7 Å². The van der Waals surface area contributed by atoms with E-state index in [9.17, 15) is 4.79 Å². The predicted octanol–water partition coefficient (Wildman–Crippen LogP) is 3.97. The highest BCUT2D eigenvalue weighted by Gasteiger charge is 2.41. The Hall–Kier alpha value is -2.11. The van der Waals surface area contributed by atoms with E-state index in [1.807, 2.05) is 41.3 Å². The highest BCUT2D eigenvalue weighted by molar-refractivity contribution is 6.30. The van der Waals surface area contributed by atoms with Gasteiger partial charge in [0.2, 0.25) is 0 Å². The number of halogens is 1. The molecule has 6 heteroatoms. The molecule has 4 rings (SSSR count). The number of nitrogens with zero attached hydrogens (tertiary/aromatic N) is 2. The monoisotopic (exact) mass is 371 g/mol. The van der Waals surface area contributed by atoms with Crippen LogP contribution in [0.2, 0.25) is 5.02 Å². The fourth-order valence-electron chi connectivity index (χ4n) is 3.54. The van der Waals surface area contributed by atoms with Crippen molar-refractivity contribution < 1.29 is 9.53 Å². The first-order chi connectivity index (χ1) is 12.6. The van der Waals surface area contributed by atoms with Crippen LogP contribution >= 0.6 is 11.6 Å². The Balaban J connectivity index is 1.31. The molecule has 0 radical (unpaired) electrons. The number of likely N-dealkylation sites (tertiary alicyclic amines) is 1. The first-order valence-electron chi connectivity index (χ1n) is 8.95. The van der Waals surface area contributed by atoms with Crippen LogP contribution in [0.1, 0.15) is 24.0 Å². The molecule has 1 N–H and O–H groups in total. The number of rotatable bonds is 3. The van der Waals surface area contributed by atoms with Crippen LogP contribution in [-0.2, 0) is 11.2 Å². The molecule has 0 unspecified atom stereocenters. The van der Waals surface area contributed by atoms with E-state index in [1.54, 1.807) is 6.20 Å². The number of carbonyl (C=O) groups is 1. The molecular weight excluding hydrogens is 350 g/mol. The SMILES string of the molecule is O=C(Nc1ccc(Cc2cccc(Cl)c2)cn1)N1CCC2(CC1)COC2. The molecule has 136 valence electrons. The lowest BCUT2D eigenvalue weighted by Crippen LogP contribution is -2.52. The number of amides is 2. The summed E-state index contributed by atoms with van der Waals surface area (Å²) in [7, 11) is 0. The smallest absolute Gasteiger partial charge is 0.323 e. The summed E-state index contributed by atoms with van der Waals surface area (Å²) in [6.07, 6.45) is 4.60. The third-order valence-electron chi connectivity index (χ3n) is 5.28. The van der Waals surface area contributed by atoms with Crippen molar-refractivity contribution in [2.45, 2.75) is 19.3 Å². The lowest BCUT2D eigenvalue weighted by molar-refractivity contribution is -0.135. The first kappa shape index (κ1) is 17.3. The first-order valence-corrected chi connectivity index (χ1v) is 9.33. The van der Waals surface area contributed by atoms with Crippen LogP contribution in [0.25, 0.3) is 0 Å². The number of piperidine rings is 1. The summed E-state index contributed by atoms with van der Waals surface area (Å²) in [6.45, 7) is 3.25. The van der Waals surface area contributed by atoms with Gasteiger partial charge in [-0.25, -0.2) is 9.78 Å². The molecule has 3 heterocycles. The Morgan fingerprint density at radius 3 is 2.62 bits per heavy atom. The van der Waals surface area contributed by atoms with Crippen LogP contribution < -0.4 is 5.32 Å². The molecule has 0 saturated carbocycles. The van der Waals surface area contributed by atoms with Crippen molar-refractivity contribution in [3.63, 3.8) is 0 Å². The number of anilines is 1. The van der Waals surface area contributed by atoms with Crippen LogP contribution in [0.5, 0.6) is 0 Å². The summed E-state index contributed by atoms with van der Waals surface area (Å²) in [5.41, 5.74) is 2.55. The zero-order valence-electron chi connectivity index (χ0n) is 14.6. The molecule has 1 aromatic heterocycles. The second-order valence-electron chi connectivity index (χ2n) is 7.27. The number of hydrogen-bond acceptors (Lipinski definition) is 3. The van der Waals surface area contributed by atoms with E-state index in [1.165, 1.54) is 0 Å². The molecule has 2 aliphatic heterocycles. The van der Waals surface area contributed by atoms with Gasteiger partial charge in [-0.05, 0) is 48.6 Å². The van der Waals surface area contributed by atoms with Gasteiger partial charge in [-0.1, -0.05) is 29.8 Å². The highest BCUT2D eigenvalue weighted by Crippen LogP contribution is 2.38. The Labute approximate surface area is 158 Å². The molecule has 2 aromatic rings. The van der Waals surface area contributed by atoms with E-state index in [4.69, 9.17) is 16.3 Å². The van der Waals surface area contributed by atoms with Gasteiger partial charge >= 0.3 is 6.03 Å². The average molecular weight is 372 g/mol. The van der Waals surface area contributed by atoms with E-state index in [-0.39, 0.29) is 6.03 Å². The van der Waals surface area contributed by atoms with Crippen molar-refractivity contribution in [3.05, 3.63) is 58.7 Å². The fourth-order valence-corrected chi connectivity index (χ4v) is 3.75. The summed E-state index contributed by atoms with van der Waals surface area (Å²) in [5.74, 6) is 0.581. The molecular formula is C20H22ClN3O2. The quantitative estimate of drug-likeness (QED) is 0.888. The number of aromatic nitrogens is 1. The van der Waals surface area contributed by atoms with Crippen molar-refractivity contribution in [1.29, 1.82) is 0 Å². The van der Waals surface area contributed by atoms with E-state index in [0.717, 1.165) is 61.7 Å². The maximum atomic E-state index is 12.4. The normalized spacial score (nSPS) is 18.4. The van der Waals surface area contributed by atoms with Crippen molar-refractivity contribution in [2.75, 3.05) is 31.6 Å². The molecule has 1 spiro atoms. The summed E-state index contributed by atoms with van der Waals surface area (Å²) >= 11 is 6.02. The molecule has 2 saturated heterocycles. The number of hydrogen-bond donors (Lipinski definition) is 1. The van der Waals surface area contributed by atoms with Gasteiger partial charge in [0.25, 0.3) is 0 Å². The minimum atomic E-state index is -0.0739. The van der Waals surface area contributed by atoms with Crippen LogP contribution in [-0.4, -0.2) is 42.2 Å². The molecule has 2 fully saturated rings. The topological polar surface area (TPSA) is 54.5 Å². The van der Waals surface area contributed by atoms with Crippen LogP contribution in [0, 0.1) is 5.41 Å². The number of benzene rings is 1. The summed E-state index contributed by atoms with van der Waals surface area (Å²) < 4.78 is 5.33. The Kier molecular flexibility index (Phi) is 4.83. The number of nitrogens with one attached hydrogen (secondary N) is 1. The molecule has 5 nitrogen and oxygen atoms in total. The Morgan fingerprint density at radius 1 is 1.19 bits per heavy atom. The van der Waals surface area contributed by atoms with Crippen LogP contribution in [0.3, 0.4) is 0 Å². The fraction of sp³-hybridized carbons (Fsp3) is 0.400. The Bertz CT molecular complexity index is 780. The minimum absolute atomic E-state index is 0.0739. The predicted molar refractivity (Wildman–Crippen MR) is 102 cm³/mol. The number of pyridine rings is 1. The third-order valence-corrected chi connectivity index (χ3v) is 5.52. The number of urea groups is 1. The largest absolute Gasteiger partial charge is 0.380 e. The number of ether oxygens (including phenoxy) is 1. The molecule has 2 aliphatic rings. The van der Waals surface area contributed by atoms with E-state index in [0.29, 0.717) is 11.2 Å². The third kappa shape index (κ3) is 3.84. The molecule has 0 bridgehead atoms. The second-order valence-corrected chi connectivity index (χ2v) is 7.70. The van der Waals surface area contributed by atoms with Gasteiger partial charge < -0.3 is 9.64 Å². The molecule has 1 aromatic carbocycles. The van der Waals surface area contributed by atoms with Gasteiger partial charge in [0.05, 0.1) is 13.2 Å². The molecule has 0 aliphatic carbocycles. The van der Waals surface area contributed by atoms with Crippen molar-refractivity contribution in [1.82, 2.24) is 9.88 Å². The van der Waals surface area contributed by atoms with Gasteiger partial charge in [0.15, 0.2) is 0 Å². The van der Waals surface area contributed by atoms with Crippen LogP contribution in [0.4, 0.5) is 10.6 Å². The second kappa shape index (κ2) is 7.25. The van der Waals surface area contributed by atoms with Crippen LogP contribution in [0.15, 0.2) is 42.6 Å². The van der Waals surface area contributed by atoms with E-state index in [2.05, 4.69) is 10.3 Å². The van der Waals surface area contributed by atoms with E-state index >= 15 is 0 Å². The standard InChI is InChI=1S/C20H22ClN3O2/c21-17-3-1-2-15(11-17)10-16-4-5-18(22-12-16)23-19(25)24-8-6-20(7-9-24)13-26-14-20/h1-5,11-12H,6-10,13-14H2,(H,22,23,25). The minimum Gasteiger partial charge on any atom is -0.380 e. The Morgan fingerprint density at radius 2 is 2.00 bits per heavy atom. The van der Waals surface area contributed by atoms with Gasteiger partial charge in [-0.2, -0.15) is 0 Å². The summed E-state index contributed by atoms with van der Waals surface area (Å²) in [5, 5.41) is 3.63. The van der Waals surface area contributed by atoms with E-state index < -0.39 is 0 Å². The van der Waals surface area contributed by atoms with Gasteiger partial charge in [0.1, 0.15) is 5.82 Å². The van der Waals surface area contributed by atoms with Gasteiger partial charge in [-0.3, -0.25) is 5.32 Å². The van der Waals surface area contributed by atoms with Crippen molar-refractivity contribution in [3.8, 4) is 0 Å². The average Bonchev–Trinajstić information content (AvgIpc) is 2.62. The highest BCUT2D eigenvalue weighted by atomic mass is 35.5. The maximum Gasteiger partial charge on any atom is 0.323 e. The lowest BCUT2D eigenvalue weighted by Gasteiger charge is -2.47. The molecule has 2 amide bonds. The van der Waals surface area contributed by atoms with Crippen molar-refractivity contribution in [2.24, 2.45) is 5.41 Å². The number of carbonyl (C=O) groups excluding carboxylic acids is 1. The van der Waals surface area contributed by atoms with Gasteiger partial charge in [-0.15, -0.1) is 0 Å². The molecule has 26 heavy (non-hydrogen) atoms. The van der Waals surface area contributed by atoms with Crippen molar-refractivity contribution >= 4 is 23.4 Å². The molecule has 0 atom stereocenters. The zero-order chi connectivity index (χ0) is 18.0. The zero-order valence-corrected chi connectivity index (χ0v) is 15.3.